The van der Waals surface area contributed by atoms with Gasteiger partial charge in [0, 0.05) is 10.9 Å². The topological polar surface area (TPSA) is 103 Å². The van der Waals surface area contributed by atoms with Crippen LogP contribution in [0.2, 0.25) is 0 Å². The van der Waals surface area contributed by atoms with Crippen molar-refractivity contribution in [3.05, 3.63) is 89.2 Å². The molecule has 0 bridgehead atoms. The average Bonchev–Trinajstić information content (AvgIpc) is 3.19. The Morgan fingerprint density at radius 3 is 2.22 bits per heavy atom. The Hall–Kier alpha value is -4.11. The Bertz CT molecular complexity index is 1540. The molecule has 186 valence electrons. The molecule has 0 spiro atoms. The molecule has 4 rings (SSSR count). The second-order valence-corrected chi connectivity index (χ2v) is 9.84. The number of hydrogen-bond donors (Lipinski definition) is 0. The summed E-state index contributed by atoms with van der Waals surface area (Å²) in [7, 11) is -2.89. The van der Waals surface area contributed by atoms with Crippen molar-refractivity contribution in [1.82, 2.24) is 0 Å². The highest BCUT2D eigenvalue weighted by molar-refractivity contribution is 7.93. The minimum absolute atomic E-state index is 0.0511. The molecule has 0 aliphatic rings. The molecular weight excluding hydrogens is 482 g/mol. The number of furan rings is 1. The molecule has 36 heavy (non-hydrogen) atoms. The standard InChI is InChI=1S/C27H25NO7S/c1-5-34-27(30)25-18(3)35-24-15-10-20(16-23(24)25)28(26(29)19-8-6-17(2)7-9-19)36(31,32)22-13-11-21(33-4)12-14-22/h6-16H,5H2,1-4H3. The van der Waals surface area contributed by atoms with Crippen LogP contribution in [0.25, 0.3) is 11.0 Å². The average molecular weight is 508 g/mol. The number of methoxy groups -OCH3 is 1. The van der Waals surface area contributed by atoms with Crippen LogP contribution in [0.5, 0.6) is 5.75 Å². The highest BCUT2D eigenvalue weighted by atomic mass is 32.2. The fourth-order valence-corrected chi connectivity index (χ4v) is 5.23. The second kappa shape index (κ2) is 9.87. The van der Waals surface area contributed by atoms with E-state index in [9.17, 15) is 18.0 Å². The van der Waals surface area contributed by atoms with Gasteiger partial charge < -0.3 is 13.9 Å². The van der Waals surface area contributed by atoms with Gasteiger partial charge in [0.25, 0.3) is 15.9 Å². The number of sulfonamides is 1. The third-order valence-electron chi connectivity index (χ3n) is 5.64. The lowest BCUT2D eigenvalue weighted by molar-refractivity contribution is 0.0526. The number of ether oxygens (including phenoxy) is 2. The number of benzene rings is 3. The number of fused-ring (bicyclic) bond motifs is 1. The molecule has 0 N–H and O–H groups in total. The molecule has 1 heterocycles. The Morgan fingerprint density at radius 1 is 0.944 bits per heavy atom. The molecule has 1 amide bonds. The summed E-state index contributed by atoms with van der Waals surface area (Å²) in [6.07, 6.45) is 0. The van der Waals surface area contributed by atoms with Crippen LogP contribution in [-0.2, 0) is 14.8 Å². The molecule has 3 aromatic carbocycles. The van der Waals surface area contributed by atoms with Gasteiger partial charge in [-0.1, -0.05) is 17.7 Å². The van der Waals surface area contributed by atoms with Gasteiger partial charge in [-0.3, -0.25) is 4.79 Å². The SMILES string of the molecule is CCOC(=O)c1c(C)oc2ccc(N(C(=O)c3ccc(C)cc3)S(=O)(=O)c3ccc(OC)cc3)cc12. The van der Waals surface area contributed by atoms with Crippen molar-refractivity contribution in [2.24, 2.45) is 0 Å². The predicted octanol–water partition coefficient (Wildman–Crippen LogP) is 5.27. The van der Waals surface area contributed by atoms with Crippen LogP contribution in [0.4, 0.5) is 5.69 Å². The molecule has 9 heteroatoms. The zero-order valence-electron chi connectivity index (χ0n) is 20.3. The van der Waals surface area contributed by atoms with Crippen molar-refractivity contribution in [2.75, 3.05) is 18.0 Å². The predicted molar refractivity (Wildman–Crippen MR) is 135 cm³/mol. The van der Waals surface area contributed by atoms with Crippen molar-refractivity contribution in [2.45, 2.75) is 25.7 Å². The van der Waals surface area contributed by atoms with E-state index in [-0.39, 0.29) is 28.3 Å². The zero-order valence-corrected chi connectivity index (χ0v) is 21.1. The number of amides is 1. The molecule has 8 nitrogen and oxygen atoms in total. The maximum absolute atomic E-state index is 13.8. The molecule has 1 aromatic heterocycles. The highest BCUT2D eigenvalue weighted by Gasteiger charge is 2.33. The lowest BCUT2D eigenvalue weighted by atomic mass is 10.1. The lowest BCUT2D eigenvalue weighted by Crippen LogP contribution is -2.37. The van der Waals surface area contributed by atoms with E-state index in [0.29, 0.717) is 22.5 Å². The van der Waals surface area contributed by atoms with Crippen LogP contribution in [0, 0.1) is 13.8 Å². The second-order valence-electron chi connectivity index (χ2n) is 8.05. The Kier molecular flexibility index (Phi) is 6.85. The zero-order chi connectivity index (χ0) is 26.0. The van der Waals surface area contributed by atoms with Gasteiger partial charge in [-0.15, -0.1) is 0 Å². The maximum Gasteiger partial charge on any atom is 0.342 e. The van der Waals surface area contributed by atoms with Crippen LogP contribution in [-0.4, -0.2) is 34.0 Å². The molecular formula is C27H25NO7S. The first-order chi connectivity index (χ1) is 17.2. The van der Waals surface area contributed by atoms with Gasteiger partial charge >= 0.3 is 5.97 Å². The van der Waals surface area contributed by atoms with Crippen LogP contribution >= 0.6 is 0 Å². The molecule has 4 aromatic rings. The van der Waals surface area contributed by atoms with Crippen LogP contribution in [0.15, 0.2) is 76.0 Å². The van der Waals surface area contributed by atoms with E-state index in [1.165, 1.54) is 49.6 Å². The van der Waals surface area contributed by atoms with Crippen molar-refractivity contribution in [1.29, 1.82) is 0 Å². The third-order valence-corrected chi connectivity index (χ3v) is 7.37. The van der Waals surface area contributed by atoms with Crippen LogP contribution < -0.4 is 9.04 Å². The number of rotatable bonds is 7. The van der Waals surface area contributed by atoms with Crippen molar-refractivity contribution in [3.63, 3.8) is 0 Å². The summed E-state index contributed by atoms with van der Waals surface area (Å²) < 4.78 is 44.4. The molecule has 0 aliphatic heterocycles. The summed E-state index contributed by atoms with van der Waals surface area (Å²) in [6, 6.07) is 16.8. The number of hydrogen-bond acceptors (Lipinski definition) is 7. The van der Waals surface area contributed by atoms with Gasteiger partial charge in [0.1, 0.15) is 22.7 Å². The minimum atomic E-state index is -4.36. The number of aryl methyl sites for hydroxylation is 2. The van der Waals surface area contributed by atoms with Gasteiger partial charge in [0.05, 0.1) is 24.3 Å². The van der Waals surface area contributed by atoms with E-state index in [4.69, 9.17) is 13.9 Å². The fourth-order valence-electron chi connectivity index (χ4n) is 3.82. The minimum Gasteiger partial charge on any atom is -0.497 e. The Labute approximate surface area is 209 Å². The Balaban J connectivity index is 1.92. The van der Waals surface area contributed by atoms with E-state index in [1.54, 1.807) is 38.1 Å². The monoisotopic (exact) mass is 507 g/mol. The fraction of sp³-hybridized carbons (Fsp3) is 0.185. The van der Waals surface area contributed by atoms with Crippen molar-refractivity contribution >= 4 is 38.6 Å². The maximum atomic E-state index is 13.8. The van der Waals surface area contributed by atoms with Crippen molar-refractivity contribution < 1.29 is 31.9 Å². The van der Waals surface area contributed by atoms with E-state index in [0.717, 1.165) is 9.87 Å². The normalized spacial score (nSPS) is 11.3. The first-order valence-electron chi connectivity index (χ1n) is 11.2. The molecule has 0 atom stereocenters. The van der Waals surface area contributed by atoms with E-state index in [1.807, 2.05) is 6.92 Å². The smallest absolute Gasteiger partial charge is 0.342 e. The quantitative estimate of drug-likeness (QED) is 0.314. The number of anilines is 1. The van der Waals surface area contributed by atoms with Gasteiger partial charge in [0.15, 0.2) is 0 Å². The summed E-state index contributed by atoms with van der Waals surface area (Å²) >= 11 is 0. The number of carbonyl (C=O) groups excluding carboxylic acids is 2. The Morgan fingerprint density at radius 2 is 1.61 bits per heavy atom. The third kappa shape index (κ3) is 4.57. The molecule has 0 unspecified atom stereocenters. The molecule has 0 aliphatic carbocycles. The molecule has 0 saturated heterocycles. The summed E-state index contributed by atoms with van der Waals surface area (Å²) in [5.74, 6) is -0.543. The summed E-state index contributed by atoms with van der Waals surface area (Å²) in [4.78, 5) is 26.2. The lowest BCUT2D eigenvalue weighted by Gasteiger charge is -2.23. The summed E-state index contributed by atoms with van der Waals surface area (Å²) in [5.41, 5.74) is 1.70. The van der Waals surface area contributed by atoms with E-state index >= 15 is 0 Å². The number of carbonyl (C=O) groups is 2. The van der Waals surface area contributed by atoms with Gasteiger partial charge in [-0.05, 0) is 75.4 Å². The molecule has 0 fully saturated rings. The highest BCUT2D eigenvalue weighted by Crippen LogP contribution is 2.33. The van der Waals surface area contributed by atoms with Gasteiger partial charge in [0.2, 0.25) is 0 Å². The van der Waals surface area contributed by atoms with Gasteiger partial charge in [-0.25, -0.2) is 13.2 Å². The van der Waals surface area contributed by atoms with E-state index < -0.39 is 21.9 Å². The first kappa shape index (κ1) is 25.0. The molecule has 0 radical (unpaired) electrons. The van der Waals surface area contributed by atoms with Crippen LogP contribution in [0.3, 0.4) is 0 Å². The largest absolute Gasteiger partial charge is 0.497 e. The first-order valence-corrected chi connectivity index (χ1v) is 12.6. The van der Waals surface area contributed by atoms with E-state index in [2.05, 4.69) is 0 Å². The number of esters is 1. The summed E-state index contributed by atoms with van der Waals surface area (Å²) in [6.45, 7) is 5.33. The number of nitrogens with zero attached hydrogens (tertiary/aromatic N) is 1. The van der Waals surface area contributed by atoms with Crippen molar-refractivity contribution in [3.8, 4) is 5.75 Å². The van der Waals surface area contributed by atoms with Gasteiger partial charge in [-0.2, -0.15) is 4.31 Å². The van der Waals surface area contributed by atoms with Crippen LogP contribution in [0.1, 0.15) is 39.0 Å². The summed E-state index contributed by atoms with van der Waals surface area (Å²) in [5, 5.41) is 0.343. The molecule has 0 saturated carbocycles.